The normalized spacial score (nSPS) is 15.3. The van der Waals surface area contributed by atoms with Gasteiger partial charge in [0.05, 0.1) is 39.9 Å². The van der Waals surface area contributed by atoms with Crippen LogP contribution in [-0.4, -0.2) is 73.4 Å². The molecule has 1 amide bonds. The summed E-state index contributed by atoms with van der Waals surface area (Å²) in [5.41, 5.74) is 0. The molecule has 0 aromatic rings. The fraction of sp³-hybridized carbons (Fsp3) is 0.732. The minimum Gasteiger partial charge on any atom is -0.387 e. The van der Waals surface area contributed by atoms with Crippen molar-refractivity contribution in [2.75, 3.05) is 40.9 Å². The van der Waals surface area contributed by atoms with E-state index in [0.29, 0.717) is 17.4 Å². The van der Waals surface area contributed by atoms with Crippen molar-refractivity contribution < 1.29 is 32.9 Å². The van der Waals surface area contributed by atoms with E-state index in [0.717, 1.165) is 77.0 Å². The number of carbonyl (C=O) groups is 1. The third kappa shape index (κ3) is 34.6. The molecule has 0 saturated heterocycles. The lowest BCUT2D eigenvalue weighted by Gasteiger charge is -2.25. The monoisotopic (exact) mass is 724 g/mol. The van der Waals surface area contributed by atoms with Crippen LogP contribution in [0.4, 0.5) is 0 Å². The van der Waals surface area contributed by atoms with Gasteiger partial charge in [-0.15, -0.1) is 0 Å². The maximum atomic E-state index is 12.8. The van der Waals surface area contributed by atoms with Crippen LogP contribution in [0.2, 0.25) is 0 Å². The van der Waals surface area contributed by atoms with E-state index in [4.69, 9.17) is 9.05 Å². The standard InChI is InChI=1S/C41H75N2O6P/c1-6-8-10-12-14-16-17-18-19-20-21-22-23-24-25-27-29-31-33-35-41(45)42-39(38-49-50(46,47)48-37-36-43(3,4)5)40(44)34-32-30-28-26-15-13-11-9-7-2/h8,10,14,16,18-19,21-22,32,34,39-40,44H,6-7,9,11-13,15,17,20,23-31,33,35-38H2,1-5H3,(H-,42,45,46,47)/p+1/b10-8-,16-14-,19-18-,22-21-,34-32+. The topological polar surface area (TPSA) is 105 Å². The molecule has 0 bridgehead atoms. The lowest BCUT2D eigenvalue weighted by atomic mass is 10.1. The molecular weight excluding hydrogens is 647 g/mol. The molecule has 0 aliphatic rings. The summed E-state index contributed by atoms with van der Waals surface area (Å²) < 4.78 is 23.4. The molecule has 0 fully saturated rings. The van der Waals surface area contributed by atoms with Crippen LogP contribution in [0.3, 0.4) is 0 Å². The summed E-state index contributed by atoms with van der Waals surface area (Å²) in [5.74, 6) is -0.198. The smallest absolute Gasteiger partial charge is 0.387 e. The summed E-state index contributed by atoms with van der Waals surface area (Å²) in [6.45, 7) is 4.62. The highest BCUT2D eigenvalue weighted by Gasteiger charge is 2.27. The quantitative estimate of drug-likeness (QED) is 0.0264. The molecule has 3 unspecified atom stereocenters. The molecule has 0 spiro atoms. The Balaban J connectivity index is 4.45. The van der Waals surface area contributed by atoms with E-state index in [1.165, 1.54) is 44.9 Å². The number of unbranched alkanes of at least 4 members (excludes halogenated alkanes) is 13. The van der Waals surface area contributed by atoms with Crippen LogP contribution in [0.1, 0.15) is 142 Å². The summed E-state index contributed by atoms with van der Waals surface area (Å²) in [6, 6.07) is -0.853. The van der Waals surface area contributed by atoms with Gasteiger partial charge in [-0.2, -0.15) is 0 Å². The van der Waals surface area contributed by atoms with Gasteiger partial charge in [0.15, 0.2) is 0 Å². The first kappa shape index (κ1) is 48.2. The SMILES string of the molecule is CC/C=C\C/C=C\C/C=C\C/C=C\CCCCCCCCC(=O)NC(COP(=O)(O)OCC[N+](C)(C)C)C(O)/C=C/CCCCCCCCC. The van der Waals surface area contributed by atoms with Gasteiger partial charge in [-0.25, -0.2) is 4.57 Å². The van der Waals surface area contributed by atoms with Crippen LogP contribution in [0.25, 0.3) is 0 Å². The van der Waals surface area contributed by atoms with Crippen LogP contribution < -0.4 is 5.32 Å². The second kappa shape index (κ2) is 33.1. The van der Waals surface area contributed by atoms with Gasteiger partial charge in [0.25, 0.3) is 0 Å². The number of nitrogens with zero attached hydrogens (tertiary/aromatic N) is 1. The Kier molecular flexibility index (Phi) is 31.9. The molecule has 0 rings (SSSR count). The Morgan fingerprint density at radius 1 is 0.700 bits per heavy atom. The largest absolute Gasteiger partial charge is 0.472 e. The molecule has 50 heavy (non-hydrogen) atoms. The predicted molar refractivity (Wildman–Crippen MR) is 212 cm³/mol. The number of nitrogens with one attached hydrogen (secondary N) is 1. The Bertz CT molecular complexity index is 1000. The maximum Gasteiger partial charge on any atom is 0.472 e. The number of quaternary nitrogens is 1. The molecule has 0 heterocycles. The number of aliphatic hydroxyl groups excluding tert-OH is 1. The van der Waals surface area contributed by atoms with Crippen molar-refractivity contribution in [3.05, 3.63) is 60.8 Å². The molecule has 3 N–H and O–H groups in total. The van der Waals surface area contributed by atoms with Gasteiger partial charge in [-0.3, -0.25) is 13.8 Å². The van der Waals surface area contributed by atoms with Gasteiger partial charge in [0.1, 0.15) is 13.2 Å². The van der Waals surface area contributed by atoms with E-state index >= 15 is 0 Å². The van der Waals surface area contributed by atoms with Gasteiger partial charge < -0.3 is 19.8 Å². The van der Waals surface area contributed by atoms with Crippen molar-refractivity contribution in [1.29, 1.82) is 0 Å². The lowest BCUT2D eigenvalue weighted by Crippen LogP contribution is -2.45. The minimum absolute atomic E-state index is 0.0552. The number of phosphoric acid groups is 1. The third-order valence-electron chi connectivity index (χ3n) is 8.24. The van der Waals surface area contributed by atoms with E-state index in [2.05, 4.69) is 67.8 Å². The second-order valence-corrected chi connectivity index (χ2v) is 15.7. The number of hydrogen-bond acceptors (Lipinski definition) is 5. The molecule has 0 saturated carbocycles. The average molecular weight is 724 g/mol. The fourth-order valence-electron chi connectivity index (χ4n) is 5.09. The Morgan fingerprint density at radius 2 is 1.20 bits per heavy atom. The number of allylic oxidation sites excluding steroid dienone is 9. The van der Waals surface area contributed by atoms with Crippen LogP contribution in [0, 0.1) is 0 Å². The molecule has 3 atom stereocenters. The van der Waals surface area contributed by atoms with E-state index in [1.807, 2.05) is 27.2 Å². The predicted octanol–water partition coefficient (Wildman–Crippen LogP) is 10.3. The van der Waals surface area contributed by atoms with Gasteiger partial charge in [0, 0.05) is 6.42 Å². The highest BCUT2D eigenvalue weighted by molar-refractivity contribution is 7.47. The number of phosphoric ester groups is 1. The molecule has 8 nitrogen and oxygen atoms in total. The van der Waals surface area contributed by atoms with E-state index in [-0.39, 0.29) is 19.1 Å². The number of hydrogen-bond donors (Lipinski definition) is 3. The zero-order valence-electron chi connectivity index (χ0n) is 32.6. The molecule has 9 heteroatoms. The number of amides is 1. The molecule has 290 valence electrons. The van der Waals surface area contributed by atoms with Crippen LogP contribution in [0.5, 0.6) is 0 Å². The highest BCUT2D eigenvalue weighted by Crippen LogP contribution is 2.43. The number of likely N-dealkylation sites (N-methyl/N-ethyl adjacent to an activating group) is 1. The van der Waals surface area contributed by atoms with Crippen LogP contribution in [-0.2, 0) is 18.4 Å². The van der Waals surface area contributed by atoms with Crippen molar-refractivity contribution in [3.8, 4) is 0 Å². The van der Waals surface area contributed by atoms with Gasteiger partial charge >= 0.3 is 7.82 Å². The molecule has 0 aromatic heterocycles. The van der Waals surface area contributed by atoms with Crippen LogP contribution >= 0.6 is 7.82 Å². The summed E-state index contributed by atoms with van der Waals surface area (Å²) in [6.07, 6.45) is 41.4. The number of carbonyl (C=O) groups excluding carboxylic acids is 1. The van der Waals surface area contributed by atoms with Crippen molar-refractivity contribution in [1.82, 2.24) is 5.32 Å². The second-order valence-electron chi connectivity index (χ2n) is 14.3. The molecule has 0 aliphatic carbocycles. The first-order valence-corrected chi connectivity index (χ1v) is 21.2. The Labute approximate surface area is 307 Å². The summed E-state index contributed by atoms with van der Waals surface area (Å²) in [4.78, 5) is 23.0. The van der Waals surface area contributed by atoms with E-state index in [1.54, 1.807) is 6.08 Å². The van der Waals surface area contributed by atoms with Crippen molar-refractivity contribution in [3.63, 3.8) is 0 Å². The lowest BCUT2D eigenvalue weighted by molar-refractivity contribution is -0.870. The zero-order chi connectivity index (χ0) is 37.2. The molecule has 0 radical (unpaired) electrons. The molecule has 0 aromatic carbocycles. The number of rotatable bonds is 34. The summed E-state index contributed by atoms with van der Waals surface area (Å²) in [7, 11) is 1.55. The number of aliphatic hydroxyl groups is 1. The highest BCUT2D eigenvalue weighted by atomic mass is 31.2. The van der Waals surface area contributed by atoms with Gasteiger partial charge in [-0.1, -0.05) is 139 Å². The first-order chi connectivity index (χ1) is 24.0. The van der Waals surface area contributed by atoms with Crippen molar-refractivity contribution in [2.45, 2.75) is 154 Å². The van der Waals surface area contributed by atoms with Crippen LogP contribution in [0.15, 0.2) is 60.8 Å². The fourth-order valence-corrected chi connectivity index (χ4v) is 5.82. The molecule has 0 aliphatic heterocycles. The molecular formula is C41H76N2O6P+. The zero-order valence-corrected chi connectivity index (χ0v) is 33.5. The van der Waals surface area contributed by atoms with Gasteiger partial charge in [0.2, 0.25) is 5.91 Å². The summed E-state index contributed by atoms with van der Waals surface area (Å²) >= 11 is 0. The van der Waals surface area contributed by atoms with Crippen molar-refractivity contribution in [2.24, 2.45) is 0 Å². The van der Waals surface area contributed by atoms with E-state index in [9.17, 15) is 19.4 Å². The van der Waals surface area contributed by atoms with E-state index < -0.39 is 20.0 Å². The maximum absolute atomic E-state index is 12.8. The van der Waals surface area contributed by atoms with Gasteiger partial charge in [-0.05, 0) is 57.8 Å². The third-order valence-corrected chi connectivity index (χ3v) is 9.23. The first-order valence-electron chi connectivity index (χ1n) is 19.7. The Hall–Kier alpha value is -1.80. The minimum atomic E-state index is -4.33. The Morgan fingerprint density at radius 3 is 1.76 bits per heavy atom. The summed E-state index contributed by atoms with van der Waals surface area (Å²) in [5, 5.41) is 13.7. The average Bonchev–Trinajstić information content (AvgIpc) is 3.06. The van der Waals surface area contributed by atoms with Crippen molar-refractivity contribution >= 4 is 13.7 Å².